The third kappa shape index (κ3) is 5.41. The summed E-state index contributed by atoms with van der Waals surface area (Å²) in [5, 5.41) is 2.92. The molecule has 122 valence electrons. The zero-order valence-corrected chi connectivity index (χ0v) is 14.5. The first kappa shape index (κ1) is 17.6. The van der Waals surface area contributed by atoms with Crippen LogP contribution in [-0.4, -0.2) is 24.0 Å². The van der Waals surface area contributed by atoms with E-state index in [1.54, 1.807) is 11.8 Å². The first-order valence-electron chi connectivity index (χ1n) is 7.78. The number of hydrogen-bond donors (Lipinski definition) is 2. The molecule has 23 heavy (non-hydrogen) atoms. The summed E-state index contributed by atoms with van der Waals surface area (Å²) in [6.45, 7) is 2.59. The lowest BCUT2D eigenvalue weighted by molar-refractivity contribution is -0.122. The molecule has 2 rings (SSSR count). The topological polar surface area (TPSA) is 55.1 Å². The number of aryl methyl sites for hydroxylation is 1. The molecule has 0 aliphatic heterocycles. The van der Waals surface area contributed by atoms with Gasteiger partial charge in [-0.2, -0.15) is 11.8 Å². The van der Waals surface area contributed by atoms with Crippen LogP contribution in [0.4, 0.5) is 0 Å². The molecule has 3 nitrogen and oxygen atoms in total. The van der Waals surface area contributed by atoms with E-state index in [0.29, 0.717) is 13.0 Å². The molecule has 1 amide bonds. The van der Waals surface area contributed by atoms with Crippen molar-refractivity contribution in [2.45, 2.75) is 25.9 Å². The second kappa shape index (κ2) is 8.75. The van der Waals surface area contributed by atoms with Crippen molar-refractivity contribution in [3.63, 3.8) is 0 Å². The van der Waals surface area contributed by atoms with Crippen LogP contribution in [0, 0.1) is 6.92 Å². The molecule has 0 radical (unpaired) electrons. The first-order valence-corrected chi connectivity index (χ1v) is 9.17. The number of amides is 1. The lowest BCUT2D eigenvalue weighted by Crippen LogP contribution is -2.40. The summed E-state index contributed by atoms with van der Waals surface area (Å²) >= 11 is 1.70. The number of thioether (sulfide) groups is 1. The Hall–Kier alpha value is -1.78. The normalized spacial score (nSPS) is 12.0. The first-order chi connectivity index (χ1) is 11.1. The summed E-state index contributed by atoms with van der Waals surface area (Å²) in [5.41, 5.74) is 10.5. The number of benzene rings is 2. The van der Waals surface area contributed by atoms with Crippen LogP contribution in [0.1, 0.15) is 17.5 Å². The zero-order chi connectivity index (χ0) is 16.7. The van der Waals surface area contributed by atoms with Crippen LogP contribution in [0.2, 0.25) is 0 Å². The number of nitrogens with one attached hydrogen (secondary N) is 1. The highest BCUT2D eigenvalue weighted by molar-refractivity contribution is 7.98. The molecule has 0 saturated carbocycles. The molecule has 0 saturated heterocycles. The summed E-state index contributed by atoms with van der Waals surface area (Å²) in [5.74, 6) is 0.817. The van der Waals surface area contributed by atoms with E-state index in [1.807, 2.05) is 18.4 Å². The lowest BCUT2D eigenvalue weighted by Gasteiger charge is -2.12. The van der Waals surface area contributed by atoms with Crippen LogP contribution >= 0.6 is 11.8 Å². The van der Waals surface area contributed by atoms with Gasteiger partial charge in [0, 0.05) is 6.54 Å². The molecule has 2 aromatic rings. The third-order valence-corrected chi connectivity index (χ3v) is 4.36. The maximum absolute atomic E-state index is 12.0. The maximum Gasteiger partial charge on any atom is 0.237 e. The van der Waals surface area contributed by atoms with E-state index < -0.39 is 6.04 Å². The molecular weight excluding hydrogens is 304 g/mol. The number of carbonyl (C=O) groups excluding carboxylic acids is 1. The van der Waals surface area contributed by atoms with E-state index in [-0.39, 0.29) is 5.91 Å². The number of hydrogen-bond acceptors (Lipinski definition) is 3. The second-order valence-corrected chi connectivity index (χ2v) is 6.66. The SMILES string of the molecule is CSCC[C@H](N)C(=O)NCc1cccc(-c2cccc(C)c2)c1. The Kier molecular flexibility index (Phi) is 6.68. The smallest absolute Gasteiger partial charge is 0.237 e. The Labute approximate surface area is 142 Å². The minimum absolute atomic E-state index is 0.0833. The Morgan fingerprint density at radius 2 is 1.87 bits per heavy atom. The summed E-state index contributed by atoms with van der Waals surface area (Å²) < 4.78 is 0. The minimum atomic E-state index is -0.428. The molecule has 4 heteroatoms. The van der Waals surface area contributed by atoms with E-state index >= 15 is 0 Å². The Bertz CT molecular complexity index is 657. The van der Waals surface area contributed by atoms with Crippen molar-refractivity contribution < 1.29 is 4.79 Å². The summed E-state index contributed by atoms with van der Waals surface area (Å²) in [4.78, 5) is 12.0. The van der Waals surface area contributed by atoms with Crippen molar-refractivity contribution in [2.75, 3.05) is 12.0 Å². The van der Waals surface area contributed by atoms with Gasteiger partial charge < -0.3 is 11.1 Å². The lowest BCUT2D eigenvalue weighted by atomic mass is 10.0. The van der Waals surface area contributed by atoms with E-state index in [1.165, 1.54) is 11.1 Å². The van der Waals surface area contributed by atoms with Crippen molar-refractivity contribution in [1.29, 1.82) is 0 Å². The molecule has 0 aliphatic rings. The standard InChI is InChI=1S/C19H24N2OS/c1-14-5-3-7-16(11-14)17-8-4-6-15(12-17)13-21-19(22)18(20)9-10-23-2/h3-8,11-12,18H,9-10,13,20H2,1-2H3,(H,21,22)/t18-/m0/s1. The molecule has 0 heterocycles. The van der Waals surface area contributed by atoms with Gasteiger partial charge in [0.25, 0.3) is 0 Å². The van der Waals surface area contributed by atoms with Gasteiger partial charge in [0.1, 0.15) is 0 Å². The van der Waals surface area contributed by atoms with E-state index in [0.717, 1.165) is 16.9 Å². The second-order valence-electron chi connectivity index (χ2n) is 5.68. The molecule has 1 atom stereocenters. The van der Waals surface area contributed by atoms with Gasteiger partial charge in [-0.25, -0.2) is 0 Å². The van der Waals surface area contributed by atoms with Gasteiger partial charge in [-0.05, 0) is 48.1 Å². The van der Waals surface area contributed by atoms with E-state index in [4.69, 9.17) is 5.73 Å². The molecule has 0 bridgehead atoms. The van der Waals surface area contributed by atoms with Gasteiger partial charge in [0.05, 0.1) is 6.04 Å². The van der Waals surface area contributed by atoms with Crippen molar-refractivity contribution in [1.82, 2.24) is 5.32 Å². The number of nitrogens with two attached hydrogens (primary N) is 1. The van der Waals surface area contributed by atoms with E-state index in [9.17, 15) is 4.79 Å². The van der Waals surface area contributed by atoms with Crippen molar-refractivity contribution >= 4 is 17.7 Å². The fourth-order valence-electron chi connectivity index (χ4n) is 2.38. The van der Waals surface area contributed by atoms with Crippen LogP contribution in [0.5, 0.6) is 0 Å². The molecule has 0 aromatic heterocycles. The third-order valence-electron chi connectivity index (χ3n) is 3.71. The average Bonchev–Trinajstić information content (AvgIpc) is 2.57. The Balaban J connectivity index is 1.99. The van der Waals surface area contributed by atoms with Crippen LogP contribution in [0.15, 0.2) is 48.5 Å². The molecule has 2 aromatic carbocycles. The van der Waals surface area contributed by atoms with Gasteiger partial charge in [-0.1, -0.05) is 48.0 Å². The van der Waals surface area contributed by atoms with Gasteiger partial charge in [0.2, 0.25) is 5.91 Å². The van der Waals surface area contributed by atoms with Crippen LogP contribution < -0.4 is 11.1 Å². The maximum atomic E-state index is 12.0. The van der Waals surface area contributed by atoms with Crippen molar-refractivity contribution in [3.8, 4) is 11.1 Å². The van der Waals surface area contributed by atoms with Crippen molar-refractivity contribution in [2.24, 2.45) is 5.73 Å². The van der Waals surface area contributed by atoms with Gasteiger partial charge >= 0.3 is 0 Å². The fraction of sp³-hybridized carbons (Fsp3) is 0.316. The molecule has 0 fully saturated rings. The molecule has 3 N–H and O–H groups in total. The zero-order valence-electron chi connectivity index (χ0n) is 13.7. The van der Waals surface area contributed by atoms with Crippen molar-refractivity contribution in [3.05, 3.63) is 59.7 Å². The summed E-state index contributed by atoms with van der Waals surface area (Å²) in [6.07, 6.45) is 2.72. The van der Waals surface area contributed by atoms with E-state index in [2.05, 4.69) is 48.6 Å². The predicted octanol–water partition coefficient (Wildman–Crippen LogP) is 3.36. The van der Waals surface area contributed by atoms with Gasteiger partial charge in [-0.3, -0.25) is 4.79 Å². The van der Waals surface area contributed by atoms with Crippen LogP contribution in [-0.2, 0) is 11.3 Å². The monoisotopic (exact) mass is 328 g/mol. The molecular formula is C19H24N2OS. The van der Waals surface area contributed by atoms with Gasteiger partial charge in [0.15, 0.2) is 0 Å². The predicted molar refractivity (Wildman–Crippen MR) is 99.4 cm³/mol. The van der Waals surface area contributed by atoms with Crippen LogP contribution in [0.25, 0.3) is 11.1 Å². The Morgan fingerprint density at radius 3 is 2.57 bits per heavy atom. The highest BCUT2D eigenvalue weighted by Crippen LogP contribution is 2.21. The molecule has 0 aliphatic carbocycles. The number of rotatable bonds is 7. The summed E-state index contributed by atoms with van der Waals surface area (Å²) in [6, 6.07) is 16.2. The number of carbonyl (C=O) groups is 1. The van der Waals surface area contributed by atoms with Gasteiger partial charge in [-0.15, -0.1) is 0 Å². The quantitative estimate of drug-likeness (QED) is 0.819. The molecule has 0 unspecified atom stereocenters. The Morgan fingerprint density at radius 1 is 1.17 bits per heavy atom. The highest BCUT2D eigenvalue weighted by Gasteiger charge is 2.12. The minimum Gasteiger partial charge on any atom is -0.351 e. The average molecular weight is 328 g/mol. The molecule has 0 spiro atoms. The fourth-order valence-corrected chi connectivity index (χ4v) is 2.87. The highest BCUT2D eigenvalue weighted by atomic mass is 32.2. The van der Waals surface area contributed by atoms with Crippen LogP contribution in [0.3, 0.4) is 0 Å². The largest absolute Gasteiger partial charge is 0.351 e. The summed E-state index contributed by atoms with van der Waals surface area (Å²) in [7, 11) is 0.